The van der Waals surface area contributed by atoms with Crippen molar-refractivity contribution in [3.8, 4) is 0 Å². The summed E-state index contributed by atoms with van der Waals surface area (Å²) in [6.45, 7) is 7.47. The Morgan fingerprint density at radius 1 is 0.848 bits per heavy atom. The van der Waals surface area contributed by atoms with E-state index in [1.807, 2.05) is 64.1 Å². The van der Waals surface area contributed by atoms with E-state index in [0.717, 1.165) is 26.6 Å². The molecule has 2 amide bonds. The van der Waals surface area contributed by atoms with Gasteiger partial charge in [0.05, 0.1) is 10.6 Å². The maximum Gasteiger partial charge on any atom is 0.264 e. The SMILES string of the molecule is CCCNC(=O)[C@H](Cc1ccccc1)N(Cc1ccc(Cl)cc1Cl)C(=O)CN(c1ccc(C)c(C)c1)S(=O)(=O)c1ccc(C)cc1. The number of aryl methyl sites for hydroxylation is 3. The van der Waals surface area contributed by atoms with E-state index in [1.54, 1.807) is 42.5 Å². The Bertz CT molecular complexity index is 1780. The Morgan fingerprint density at radius 2 is 1.54 bits per heavy atom. The second-order valence-electron chi connectivity index (χ2n) is 11.3. The Labute approximate surface area is 282 Å². The van der Waals surface area contributed by atoms with E-state index in [2.05, 4.69) is 5.32 Å². The van der Waals surface area contributed by atoms with E-state index < -0.39 is 28.5 Å². The highest BCUT2D eigenvalue weighted by molar-refractivity contribution is 7.92. The molecule has 0 unspecified atom stereocenters. The van der Waals surface area contributed by atoms with Crippen molar-refractivity contribution in [3.63, 3.8) is 0 Å². The van der Waals surface area contributed by atoms with E-state index in [-0.39, 0.29) is 23.8 Å². The summed E-state index contributed by atoms with van der Waals surface area (Å²) in [7, 11) is -4.19. The number of carbonyl (C=O) groups is 2. The van der Waals surface area contributed by atoms with Crippen LogP contribution in [-0.4, -0.2) is 44.3 Å². The van der Waals surface area contributed by atoms with E-state index >= 15 is 0 Å². The Balaban J connectivity index is 1.83. The number of amides is 2. The minimum Gasteiger partial charge on any atom is -0.354 e. The molecule has 1 N–H and O–H groups in total. The number of anilines is 1. The van der Waals surface area contributed by atoms with Crippen LogP contribution in [0, 0.1) is 20.8 Å². The fourth-order valence-electron chi connectivity index (χ4n) is 5.00. The first kappa shape index (κ1) is 35.0. The summed E-state index contributed by atoms with van der Waals surface area (Å²) in [5, 5.41) is 3.70. The maximum absolute atomic E-state index is 14.6. The van der Waals surface area contributed by atoms with Crippen LogP contribution in [-0.2, 0) is 32.6 Å². The maximum atomic E-state index is 14.6. The van der Waals surface area contributed by atoms with Crippen molar-refractivity contribution in [2.24, 2.45) is 0 Å². The first-order chi connectivity index (χ1) is 21.9. The smallest absolute Gasteiger partial charge is 0.264 e. The van der Waals surface area contributed by atoms with E-state index in [0.29, 0.717) is 34.3 Å². The number of sulfonamides is 1. The van der Waals surface area contributed by atoms with Gasteiger partial charge in [-0.1, -0.05) is 90.3 Å². The molecule has 0 aliphatic heterocycles. The molecule has 0 saturated carbocycles. The van der Waals surface area contributed by atoms with Gasteiger partial charge in [-0.15, -0.1) is 0 Å². The van der Waals surface area contributed by atoms with E-state index in [9.17, 15) is 18.0 Å². The average molecular weight is 681 g/mol. The molecular formula is C36H39Cl2N3O4S. The lowest BCUT2D eigenvalue weighted by Crippen LogP contribution is -2.53. The third kappa shape index (κ3) is 8.69. The van der Waals surface area contributed by atoms with Crippen molar-refractivity contribution in [2.45, 2.75) is 58.0 Å². The summed E-state index contributed by atoms with van der Waals surface area (Å²) in [5.74, 6) is -0.907. The predicted octanol–water partition coefficient (Wildman–Crippen LogP) is 7.28. The van der Waals surface area contributed by atoms with Crippen molar-refractivity contribution in [1.29, 1.82) is 0 Å². The molecule has 4 rings (SSSR count). The Kier molecular flexibility index (Phi) is 11.9. The minimum absolute atomic E-state index is 0.0444. The van der Waals surface area contributed by atoms with Gasteiger partial charge < -0.3 is 10.2 Å². The largest absolute Gasteiger partial charge is 0.354 e. The summed E-state index contributed by atoms with van der Waals surface area (Å²) < 4.78 is 29.6. The topological polar surface area (TPSA) is 86.8 Å². The fraction of sp³-hybridized carbons (Fsp3) is 0.278. The lowest BCUT2D eigenvalue weighted by Gasteiger charge is -2.34. The van der Waals surface area contributed by atoms with E-state index in [1.165, 1.54) is 17.0 Å². The molecule has 0 aliphatic rings. The van der Waals surface area contributed by atoms with Gasteiger partial charge in [-0.2, -0.15) is 0 Å². The quantitative estimate of drug-likeness (QED) is 0.161. The number of hydrogen-bond donors (Lipinski definition) is 1. The zero-order chi connectivity index (χ0) is 33.4. The van der Waals surface area contributed by atoms with Gasteiger partial charge in [0, 0.05) is 29.6 Å². The molecule has 0 spiro atoms. The van der Waals surface area contributed by atoms with Crippen LogP contribution in [0.15, 0.2) is 95.9 Å². The molecule has 10 heteroatoms. The second-order valence-corrected chi connectivity index (χ2v) is 14.1. The first-order valence-electron chi connectivity index (χ1n) is 15.1. The summed E-state index contributed by atoms with van der Waals surface area (Å²) in [4.78, 5) is 29.8. The van der Waals surface area contributed by atoms with Crippen LogP contribution in [0.2, 0.25) is 10.0 Å². The van der Waals surface area contributed by atoms with Crippen LogP contribution in [0.5, 0.6) is 0 Å². The molecule has 0 heterocycles. The number of halogens is 2. The number of nitrogens with zero attached hydrogens (tertiary/aromatic N) is 2. The number of rotatable bonds is 13. The van der Waals surface area contributed by atoms with Crippen LogP contribution < -0.4 is 9.62 Å². The monoisotopic (exact) mass is 679 g/mol. The summed E-state index contributed by atoms with van der Waals surface area (Å²) >= 11 is 12.7. The highest BCUT2D eigenvalue weighted by Crippen LogP contribution is 2.28. The van der Waals surface area contributed by atoms with Crippen molar-refractivity contribution in [2.75, 3.05) is 17.4 Å². The number of benzene rings is 4. The first-order valence-corrected chi connectivity index (χ1v) is 17.3. The Hall–Kier alpha value is -3.85. The average Bonchev–Trinajstić information content (AvgIpc) is 3.03. The van der Waals surface area contributed by atoms with Gasteiger partial charge in [0.25, 0.3) is 10.0 Å². The van der Waals surface area contributed by atoms with Crippen molar-refractivity contribution >= 4 is 50.7 Å². The van der Waals surface area contributed by atoms with Gasteiger partial charge in [-0.05, 0) is 85.8 Å². The van der Waals surface area contributed by atoms with Gasteiger partial charge in [-0.3, -0.25) is 13.9 Å². The van der Waals surface area contributed by atoms with Crippen LogP contribution in [0.25, 0.3) is 0 Å². The van der Waals surface area contributed by atoms with Crippen LogP contribution in [0.3, 0.4) is 0 Å². The molecule has 0 aromatic heterocycles. The zero-order valence-electron chi connectivity index (χ0n) is 26.5. The van der Waals surface area contributed by atoms with Gasteiger partial charge in [-0.25, -0.2) is 8.42 Å². The molecule has 46 heavy (non-hydrogen) atoms. The summed E-state index contributed by atoms with van der Waals surface area (Å²) in [5.41, 5.74) is 4.52. The molecule has 0 aliphatic carbocycles. The van der Waals surface area contributed by atoms with Crippen LogP contribution >= 0.6 is 23.2 Å². The molecule has 1 atom stereocenters. The lowest BCUT2D eigenvalue weighted by molar-refractivity contribution is -0.140. The molecule has 0 saturated heterocycles. The van der Waals surface area contributed by atoms with Gasteiger partial charge in [0.1, 0.15) is 12.6 Å². The van der Waals surface area contributed by atoms with Gasteiger partial charge >= 0.3 is 0 Å². The third-order valence-electron chi connectivity index (χ3n) is 7.84. The Morgan fingerprint density at radius 3 is 2.17 bits per heavy atom. The molecular weight excluding hydrogens is 641 g/mol. The number of nitrogens with one attached hydrogen (secondary N) is 1. The van der Waals surface area contributed by atoms with Crippen molar-refractivity contribution in [3.05, 3.63) is 129 Å². The molecule has 0 bridgehead atoms. The molecule has 4 aromatic carbocycles. The fourth-order valence-corrected chi connectivity index (χ4v) is 6.87. The predicted molar refractivity (Wildman–Crippen MR) is 186 cm³/mol. The number of hydrogen-bond acceptors (Lipinski definition) is 4. The highest BCUT2D eigenvalue weighted by Gasteiger charge is 2.35. The normalized spacial score (nSPS) is 12.0. The van der Waals surface area contributed by atoms with Gasteiger partial charge in [0.2, 0.25) is 11.8 Å². The second kappa shape index (κ2) is 15.6. The standard InChI is InChI=1S/C36H39Cl2N3O4S/c1-5-19-39-36(43)34(21-28-9-7-6-8-10-28)40(23-29-14-15-30(37)22-33(29)38)35(42)24-41(31-16-13-26(3)27(4)20-31)46(44,45)32-17-11-25(2)12-18-32/h6-18,20,22,34H,5,19,21,23-24H2,1-4H3,(H,39,43)/t34-/m0/s1. The van der Waals surface area contributed by atoms with E-state index in [4.69, 9.17) is 23.2 Å². The lowest BCUT2D eigenvalue weighted by atomic mass is 10.0. The van der Waals surface area contributed by atoms with Gasteiger partial charge in [0.15, 0.2) is 0 Å². The summed E-state index contributed by atoms with van der Waals surface area (Å²) in [6, 6.07) is 25.2. The van der Waals surface area contributed by atoms with Crippen molar-refractivity contribution < 1.29 is 18.0 Å². The minimum atomic E-state index is -4.19. The summed E-state index contributed by atoms with van der Waals surface area (Å²) in [6.07, 6.45) is 0.914. The molecule has 4 aromatic rings. The third-order valence-corrected chi connectivity index (χ3v) is 10.2. The molecule has 7 nitrogen and oxygen atoms in total. The zero-order valence-corrected chi connectivity index (χ0v) is 28.8. The number of carbonyl (C=O) groups excluding carboxylic acids is 2. The van der Waals surface area contributed by atoms with Crippen LogP contribution in [0.4, 0.5) is 5.69 Å². The van der Waals surface area contributed by atoms with Crippen molar-refractivity contribution in [1.82, 2.24) is 10.2 Å². The van der Waals surface area contributed by atoms with Crippen LogP contribution in [0.1, 0.15) is 41.2 Å². The molecule has 242 valence electrons. The molecule has 0 fully saturated rings. The highest BCUT2D eigenvalue weighted by atomic mass is 35.5. The molecule has 0 radical (unpaired) electrons.